The first-order valence-corrected chi connectivity index (χ1v) is 6.21. The Morgan fingerprint density at radius 3 is 2.80 bits per heavy atom. The van der Waals surface area contributed by atoms with E-state index in [9.17, 15) is 9.90 Å². The molecule has 1 unspecified atom stereocenters. The summed E-state index contributed by atoms with van der Waals surface area (Å²) in [5.74, 6) is 0.914. The van der Waals surface area contributed by atoms with E-state index in [2.05, 4.69) is 10.3 Å². The third kappa shape index (κ3) is 3.36. The van der Waals surface area contributed by atoms with E-state index in [0.29, 0.717) is 11.3 Å². The molecule has 1 atom stereocenters. The summed E-state index contributed by atoms with van der Waals surface area (Å²) in [6, 6.07) is 6.79. The SMILES string of the molecule is CN(C)c1ccc(C(=O)NCC(O)c2ccco2)cn1. The minimum absolute atomic E-state index is 0.0851. The van der Waals surface area contributed by atoms with Crippen LogP contribution in [0.25, 0.3) is 0 Å². The summed E-state index contributed by atoms with van der Waals surface area (Å²) in [4.78, 5) is 17.9. The second kappa shape index (κ2) is 6.21. The van der Waals surface area contributed by atoms with Crippen LogP contribution in [0.2, 0.25) is 0 Å². The van der Waals surface area contributed by atoms with Gasteiger partial charge in [0.1, 0.15) is 17.7 Å². The number of amides is 1. The molecule has 0 aliphatic heterocycles. The average Bonchev–Trinajstić information content (AvgIpc) is 2.98. The molecule has 20 heavy (non-hydrogen) atoms. The van der Waals surface area contributed by atoms with E-state index in [4.69, 9.17) is 4.42 Å². The lowest BCUT2D eigenvalue weighted by atomic mass is 10.2. The van der Waals surface area contributed by atoms with Crippen LogP contribution >= 0.6 is 0 Å². The third-order valence-electron chi connectivity index (χ3n) is 2.80. The minimum Gasteiger partial charge on any atom is -0.467 e. The second-order valence-electron chi connectivity index (χ2n) is 4.54. The van der Waals surface area contributed by atoms with E-state index >= 15 is 0 Å². The Kier molecular flexibility index (Phi) is 4.37. The van der Waals surface area contributed by atoms with Crippen molar-refractivity contribution in [3.63, 3.8) is 0 Å². The van der Waals surface area contributed by atoms with Gasteiger partial charge in [0.2, 0.25) is 0 Å². The summed E-state index contributed by atoms with van der Waals surface area (Å²) in [5.41, 5.74) is 0.447. The van der Waals surface area contributed by atoms with Gasteiger partial charge in [0.15, 0.2) is 0 Å². The number of rotatable bonds is 5. The summed E-state index contributed by atoms with van der Waals surface area (Å²) >= 11 is 0. The molecule has 6 heteroatoms. The summed E-state index contributed by atoms with van der Waals surface area (Å²) < 4.78 is 5.06. The number of aliphatic hydroxyl groups is 1. The maximum Gasteiger partial charge on any atom is 0.252 e. The zero-order valence-electron chi connectivity index (χ0n) is 11.4. The Bertz CT molecular complexity index is 550. The predicted octanol–water partition coefficient (Wildman–Crippen LogP) is 1.20. The van der Waals surface area contributed by atoms with Crippen molar-refractivity contribution >= 4 is 11.7 Å². The molecule has 2 aromatic rings. The lowest BCUT2D eigenvalue weighted by Gasteiger charge is -2.12. The number of carbonyl (C=O) groups excluding carboxylic acids is 1. The van der Waals surface area contributed by atoms with Crippen molar-refractivity contribution < 1.29 is 14.3 Å². The number of aromatic nitrogens is 1. The first-order chi connectivity index (χ1) is 9.58. The first kappa shape index (κ1) is 14.1. The van der Waals surface area contributed by atoms with Crippen molar-refractivity contribution in [1.29, 1.82) is 0 Å². The molecule has 0 spiro atoms. The molecule has 0 aliphatic carbocycles. The topological polar surface area (TPSA) is 78.6 Å². The molecule has 0 aromatic carbocycles. The van der Waals surface area contributed by atoms with Gasteiger partial charge in [0, 0.05) is 20.3 Å². The van der Waals surface area contributed by atoms with Crippen LogP contribution in [-0.4, -0.2) is 36.6 Å². The second-order valence-corrected chi connectivity index (χ2v) is 4.54. The number of anilines is 1. The highest BCUT2D eigenvalue weighted by Gasteiger charge is 2.13. The van der Waals surface area contributed by atoms with Crippen molar-refractivity contribution in [2.24, 2.45) is 0 Å². The Morgan fingerprint density at radius 1 is 1.45 bits per heavy atom. The van der Waals surface area contributed by atoms with Gasteiger partial charge in [-0.3, -0.25) is 4.79 Å². The summed E-state index contributed by atoms with van der Waals surface area (Å²) in [6.07, 6.45) is 2.12. The zero-order chi connectivity index (χ0) is 14.5. The van der Waals surface area contributed by atoms with Crippen LogP contribution in [0.3, 0.4) is 0 Å². The van der Waals surface area contributed by atoms with Crippen molar-refractivity contribution in [1.82, 2.24) is 10.3 Å². The number of pyridine rings is 1. The quantitative estimate of drug-likeness (QED) is 0.857. The van der Waals surface area contributed by atoms with Gasteiger partial charge < -0.3 is 19.7 Å². The normalized spacial score (nSPS) is 11.9. The third-order valence-corrected chi connectivity index (χ3v) is 2.80. The van der Waals surface area contributed by atoms with Crippen LogP contribution in [0.4, 0.5) is 5.82 Å². The van der Waals surface area contributed by atoms with E-state index in [1.165, 1.54) is 12.5 Å². The van der Waals surface area contributed by atoms with E-state index in [-0.39, 0.29) is 12.5 Å². The predicted molar refractivity (Wildman–Crippen MR) is 74.6 cm³/mol. The van der Waals surface area contributed by atoms with E-state index in [1.54, 1.807) is 24.3 Å². The van der Waals surface area contributed by atoms with Gasteiger partial charge >= 0.3 is 0 Å². The van der Waals surface area contributed by atoms with Gasteiger partial charge in [-0.05, 0) is 24.3 Å². The minimum atomic E-state index is -0.858. The Hall–Kier alpha value is -2.34. The Morgan fingerprint density at radius 2 is 2.25 bits per heavy atom. The van der Waals surface area contributed by atoms with Crippen LogP contribution in [0.15, 0.2) is 41.1 Å². The average molecular weight is 275 g/mol. The van der Waals surface area contributed by atoms with E-state index < -0.39 is 6.10 Å². The molecule has 2 rings (SSSR count). The van der Waals surface area contributed by atoms with Gasteiger partial charge in [-0.1, -0.05) is 0 Å². The molecular weight excluding hydrogens is 258 g/mol. The fraction of sp³-hybridized carbons (Fsp3) is 0.286. The number of nitrogens with one attached hydrogen (secondary N) is 1. The number of carbonyl (C=O) groups is 1. The summed E-state index contributed by atoms with van der Waals surface area (Å²) in [6.45, 7) is 0.0851. The fourth-order valence-corrected chi connectivity index (χ4v) is 1.66. The molecule has 2 heterocycles. The number of hydrogen-bond donors (Lipinski definition) is 2. The lowest BCUT2D eigenvalue weighted by molar-refractivity contribution is 0.0901. The van der Waals surface area contributed by atoms with Crippen LogP contribution in [-0.2, 0) is 0 Å². The molecule has 0 fully saturated rings. The standard InChI is InChI=1S/C14H17N3O3/c1-17(2)13-6-5-10(8-15-13)14(19)16-9-11(18)12-4-3-7-20-12/h3-8,11,18H,9H2,1-2H3,(H,16,19). The highest BCUT2D eigenvalue weighted by Crippen LogP contribution is 2.12. The number of nitrogens with zero attached hydrogens (tertiary/aromatic N) is 2. The molecule has 0 saturated heterocycles. The van der Waals surface area contributed by atoms with Gasteiger partial charge in [-0.2, -0.15) is 0 Å². The molecular formula is C14H17N3O3. The van der Waals surface area contributed by atoms with Crippen molar-refractivity contribution in [3.05, 3.63) is 48.0 Å². The zero-order valence-corrected chi connectivity index (χ0v) is 11.4. The number of furan rings is 1. The maximum atomic E-state index is 11.9. The molecule has 2 aromatic heterocycles. The van der Waals surface area contributed by atoms with Crippen LogP contribution in [0.1, 0.15) is 22.2 Å². The van der Waals surface area contributed by atoms with Crippen LogP contribution in [0, 0.1) is 0 Å². The molecule has 1 amide bonds. The van der Waals surface area contributed by atoms with Crippen molar-refractivity contribution in [2.75, 3.05) is 25.5 Å². The molecule has 0 bridgehead atoms. The van der Waals surface area contributed by atoms with Crippen LogP contribution < -0.4 is 10.2 Å². The fourth-order valence-electron chi connectivity index (χ4n) is 1.66. The maximum absolute atomic E-state index is 11.9. The number of hydrogen-bond acceptors (Lipinski definition) is 5. The summed E-state index contributed by atoms with van der Waals surface area (Å²) in [5, 5.41) is 12.4. The Labute approximate surface area is 117 Å². The monoisotopic (exact) mass is 275 g/mol. The van der Waals surface area contributed by atoms with Gasteiger partial charge in [-0.25, -0.2) is 4.98 Å². The smallest absolute Gasteiger partial charge is 0.252 e. The van der Waals surface area contributed by atoms with Crippen molar-refractivity contribution in [2.45, 2.75) is 6.10 Å². The number of aliphatic hydroxyl groups excluding tert-OH is 1. The van der Waals surface area contributed by atoms with Gasteiger partial charge in [0.05, 0.1) is 18.4 Å². The molecule has 6 nitrogen and oxygen atoms in total. The first-order valence-electron chi connectivity index (χ1n) is 6.21. The highest BCUT2D eigenvalue weighted by atomic mass is 16.4. The van der Waals surface area contributed by atoms with E-state index in [1.807, 2.05) is 19.0 Å². The summed E-state index contributed by atoms with van der Waals surface area (Å²) in [7, 11) is 3.75. The van der Waals surface area contributed by atoms with Crippen LogP contribution in [0.5, 0.6) is 0 Å². The molecule has 106 valence electrons. The van der Waals surface area contributed by atoms with Gasteiger partial charge in [-0.15, -0.1) is 0 Å². The largest absolute Gasteiger partial charge is 0.467 e. The van der Waals surface area contributed by atoms with Gasteiger partial charge in [0.25, 0.3) is 5.91 Å². The molecule has 0 radical (unpaired) electrons. The van der Waals surface area contributed by atoms with Crippen molar-refractivity contribution in [3.8, 4) is 0 Å². The molecule has 2 N–H and O–H groups in total. The Balaban J connectivity index is 1.91. The molecule has 0 saturated carbocycles. The highest BCUT2D eigenvalue weighted by molar-refractivity contribution is 5.94. The molecule has 0 aliphatic rings. The van der Waals surface area contributed by atoms with E-state index in [0.717, 1.165) is 5.82 Å². The lowest BCUT2D eigenvalue weighted by Crippen LogP contribution is -2.28.